The molecule has 0 aromatic heterocycles. The number of carbonyl (C=O) groups is 2. The number of ether oxygens (including phenoxy) is 1. The molecule has 0 spiro atoms. The Bertz CT molecular complexity index is 1370. The van der Waals surface area contributed by atoms with Gasteiger partial charge in [0.15, 0.2) is 0 Å². The summed E-state index contributed by atoms with van der Waals surface area (Å²) in [6, 6.07) is 9.81. The Balaban J connectivity index is 1.63. The quantitative estimate of drug-likeness (QED) is 0.375. The summed E-state index contributed by atoms with van der Waals surface area (Å²) in [5, 5.41) is 13.5. The molecule has 1 atom stereocenters. The van der Waals surface area contributed by atoms with Gasteiger partial charge in [-0.2, -0.15) is 18.4 Å². The second kappa shape index (κ2) is 10.4. The van der Waals surface area contributed by atoms with E-state index in [1.54, 1.807) is 20.8 Å². The van der Waals surface area contributed by atoms with E-state index in [2.05, 4.69) is 5.16 Å². The van der Waals surface area contributed by atoms with Crippen LogP contribution in [-0.2, 0) is 26.5 Å². The lowest BCUT2D eigenvalue weighted by molar-refractivity contribution is -0.275. The largest absolute Gasteiger partial charge is 0.443 e. The molecule has 0 saturated heterocycles. The van der Waals surface area contributed by atoms with Crippen LogP contribution in [0.1, 0.15) is 62.3 Å². The molecule has 7 nitrogen and oxygen atoms in total. The van der Waals surface area contributed by atoms with Crippen molar-refractivity contribution in [2.24, 2.45) is 11.1 Å². The lowest BCUT2D eigenvalue weighted by Crippen LogP contribution is -2.42. The van der Waals surface area contributed by atoms with E-state index in [9.17, 15) is 28.0 Å². The Hall–Kier alpha value is -3.29. The number of amides is 2. The first-order valence-corrected chi connectivity index (χ1v) is 12.8. The molecule has 1 aliphatic heterocycles. The van der Waals surface area contributed by atoms with Crippen molar-refractivity contribution in [1.29, 1.82) is 5.26 Å². The molecule has 1 fully saturated rings. The number of nitriles is 1. The van der Waals surface area contributed by atoms with Crippen LogP contribution >= 0.6 is 23.2 Å². The van der Waals surface area contributed by atoms with Gasteiger partial charge < -0.3 is 9.57 Å². The number of oxime groups is 1. The fraction of sp³-hybridized carbons (Fsp3) is 0.407. The van der Waals surface area contributed by atoms with Crippen LogP contribution in [0.2, 0.25) is 10.0 Å². The number of imide groups is 1. The summed E-state index contributed by atoms with van der Waals surface area (Å²) < 4.78 is 48.4. The number of benzene rings is 2. The molecule has 39 heavy (non-hydrogen) atoms. The Morgan fingerprint density at radius 1 is 1.15 bits per heavy atom. The molecule has 2 aliphatic rings. The Morgan fingerprint density at radius 3 is 2.33 bits per heavy atom. The molecule has 1 saturated carbocycles. The first kappa shape index (κ1) is 28.7. The summed E-state index contributed by atoms with van der Waals surface area (Å²) in [5.74, 6) is -0.691. The van der Waals surface area contributed by atoms with E-state index >= 15 is 0 Å². The van der Waals surface area contributed by atoms with E-state index in [4.69, 9.17) is 32.8 Å². The molecular formula is C27H24Cl2F3N3O4. The predicted molar refractivity (Wildman–Crippen MR) is 137 cm³/mol. The van der Waals surface area contributed by atoms with Crippen molar-refractivity contribution in [2.75, 3.05) is 0 Å². The summed E-state index contributed by atoms with van der Waals surface area (Å²) in [6.45, 7) is 4.78. The molecule has 2 amide bonds. The maximum Gasteiger partial charge on any atom is 0.435 e. The monoisotopic (exact) mass is 581 g/mol. The number of nitrogens with zero attached hydrogens (tertiary/aromatic N) is 3. The average molecular weight is 582 g/mol. The van der Waals surface area contributed by atoms with Gasteiger partial charge in [0.05, 0.1) is 23.9 Å². The fourth-order valence-electron chi connectivity index (χ4n) is 4.11. The molecule has 2 aromatic carbocycles. The number of halogens is 5. The van der Waals surface area contributed by atoms with E-state index < -0.39 is 35.8 Å². The highest BCUT2D eigenvalue weighted by atomic mass is 35.5. The maximum atomic E-state index is 14.3. The minimum Gasteiger partial charge on any atom is -0.443 e. The second-order valence-electron chi connectivity index (χ2n) is 10.5. The van der Waals surface area contributed by atoms with Crippen molar-refractivity contribution in [2.45, 2.75) is 64.0 Å². The van der Waals surface area contributed by atoms with Gasteiger partial charge in [-0.1, -0.05) is 40.5 Å². The standard InChI is InChI=1S/C27H24Cl2F3N3O4/c1-25(2,3)38-24(37)35(23(36)15-4-5-15)14-17-7-6-16(8-18(17)13-33)22-12-26(39-34-22,27(30,31)32)19-9-20(28)11-21(29)10-19/h6-11,15H,4-5,12,14H2,1-3H3. The highest BCUT2D eigenvalue weighted by molar-refractivity contribution is 6.34. The second-order valence-corrected chi connectivity index (χ2v) is 11.3. The zero-order valence-corrected chi connectivity index (χ0v) is 22.7. The summed E-state index contributed by atoms with van der Waals surface area (Å²) in [5.41, 5.74) is -3.44. The molecule has 12 heteroatoms. The van der Waals surface area contributed by atoms with Gasteiger partial charge in [-0.25, -0.2) is 9.69 Å². The Labute approximate surface area is 233 Å². The third-order valence-corrected chi connectivity index (χ3v) is 6.65. The van der Waals surface area contributed by atoms with Gasteiger partial charge >= 0.3 is 12.3 Å². The maximum absolute atomic E-state index is 14.3. The van der Waals surface area contributed by atoms with Crippen molar-refractivity contribution >= 4 is 40.9 Å². The molecule has 1 heterocycles. The summed E-state index contributed by atoms with van der Waals surface area (Å²) in [7, 11) is 0. The van der Waals surface area contributed by atoms with E-state index in [1.807, 2.05) is 6.07 Å². The summed E-state index contributed by atoms with van der Waals surface area (Å²) in [4.78, 5) is 31.6. The molecular weight excluding hydrogens is 558 g/mol. The van der Waals surface area contributed by atoms with Gasteiger partial charge in [-0.3, -0.25) is 4.79 Å². The van der Waals surface area contributed by atoms with E-state index in [0.29, 0.717) is 18.4 Å². The van der Waals surface area contributed by atoms with Gasteiger partial charge in [0.2, 0.25) is 5.91 Å². The number of alkyl halides is 3. The van der Waals surface area contributed by atoms with Crippen LogP contribution < -0.4 is 0 Å². The van der Waals surface area contributed by atoms with Gasteiger partial charge in [0, 0.05) is 33.5 Å². The third kappa shape index (κ3) is 6.15. The first-order valence-electron chi connectivity index (χ1n) is 12.0. The van der Waals surface area contributed by atoms with Gasteiger partial charge in [0.1, 0.15) is 5.60 Å². The fourth-order valence-corrected chi connectivity index (χ4v) is 4.64. The van der Waals surface area contributed by atoms with Crippen LogP contribution in [0.3, 0.4) is 0 Å². The van der Waals surface area contributed by atoms with Crippen molar-refractivity contribution in [3.63, 3.8) is 0 Å². The molecule has 0 N–H and O–H groups in total. The minimum atomic E-state index is -4.87. The van der Waals surface area contributed by atoms with E-state index in [1.165, 1.54) is 24.3 Å². The molecule has 0 radical (unpaired) electrons. The lowest BCUT2D eigenvalue weighted by Gasteiger charge is -2.29. The highest BCUT2D eigenvalue weighted by Gasteiger charge is 2.62. The summed E-state index contributed by atoms with van der Waals surface area (Å²) in [6.07, 6.45) is -5.10. The van der Waals surface area contributed by atoms with Crippen molar-refractivity contribution in [3.05, 3.63) is 68.7 Å². The van der Waals surface area contributed by atoms with E-state index in [0.717, 1.165) is 17.0 Å². The molecule has 206 valence electrons. The molecule has 0 bridgehead atoms. The zero-order valence-electron chi connectivity index (χ0n) is 21.2. The smallest absolute Gasteiger partial charge is 0.435 e. The Morgan fingerprint density at radius 2 is 1.79 bits per heavy atom. The van der Waals surface area contributed by atoms with Gasteiger partial charge in [-0.15, -0.1) is 0 Å². The lowest BCUT2D eigenvalue weighted by atomic mass is 9.86. The van der Waals surface area contributed by atoms with Gasteiger partial charge in [-0.05, 0) is 63.4 Å². The first-order chi connectivity index (χ1) is 18.1. The highest BCUT2D eigenvalue weighted by Crippen LogP contribution is 2.49. The zero-order chi connectivity index (χ0) is 28.8. The Kier molecular flexibility index (Phi) is 7.63. The topological polar surface area (TPSA) is 92.0 Å². The third-order valence-electron chi connectivity index (χ3n) is 6.21. The van der Waals surface area contributed by atoms with Crippen LogP contribution in [0.4, 0.5) is 18.0 Å². The normalized spacial score (nSPS) is 19.1. The van der Waals surface area contributed by atoms with Crippen LogP contribution in [0.25, 0.3) is 0 Å². The number of carbonyl (C=O) groups excluding carboxylic acids is 2. The van der Waals surface area contributed by atoms with Crippen LogP contribution in [0, 0.1) is 17.2 Å². The molecule has 4 rings (SSSR count). The predicted octanol–water partition coefficient (Wildman–Crippen LogP) is 7.12. The van der Waals surface area contributed by atoms with Crippen LogP contribution in [-0.4, -0.2) is 34.4 Å². The van der Waals surface area contributed by atoms with Crippen LogP contribution in [0.15, 0.2) is 41.6 Å². The average Bonchev–Trinajstić information content (AvgIpc) is 3.57. The SMILES string of the molecule is CC(C)(C)OC(=O)N(Cc1ccc(C2=NOC(c3cc(Cl)cc(Cl)c3)(C(F)(F)F)C2)cc1C#N)C(=O)C1CC1. The molecule has 1 aliphatic carbocycles. The van der Waals surface area contributed by atoms with E-state index in [-0.39, 0.29) is 44.9 Å². The van der Waals surface area contributed by atoms with Gasteiger partial charge in [0.25, 0.3) is 5.60 Å². The number of hydrogen-bond donors (Lipinski definition) is 0. The summed E-state index contributed by atoms with van der Waals surface area (Å²) >= 11 is 11.9. The number of rotatable bonds is 5. The van der Waals surface area contributed by atoms with Crippen LogP contribution in [0.5, 0.6) is 0 Å². The van der Waals surface area contributed by atoms with Crippen molar-refractivity contribution in [1.82, 2.24) is 4.90 Å². The molecule has 1 unspecified atom stereocenters. The van der Waals surface area contributed by atoms with Crippen molar-refractivity contribution in [3.8, 4) is 6.07 Å². The number of hydrogen-bond acceptors (Lipinski definition) is 6. The van der Waals surface area contributed by atoms with Crippen molar-refractivity contribution < 1.29 is 32.3 Å². The molecule has 2 aromatic rings. The minimum absolute atomic E-state index is 0.00424.